The summed E-state index contributed by atoms with van der Waals surface area (Å²) < 4.78 is 4.92. The average molecular weight is 397 g/mol. The molecule has 5 heteroatoms. The topological polar surface area (TPSA) is 88.2 Å². The molecule has 0 radical (unpaired) electrons. The minimum Gasteiger partial charge on any atom is -0.465 e. The molecule has 0 aromatic heterocycles. The van der Waals surface area contributed by atoms with E-state index < -0.39 is 0 Å². The standard InChI is InChI=1S/C25H23N3O2/c1-30-25(29)17-7-4-6-15(11-17)23-20-12-14-5-2-3-8-18(14)22(20)19-13-16(24(26)27)9-10-21(19)28-23/h2-11,13,20,22-23,28H,12H2,1H3,(H3,26,27). The molecule has 0 saturated heterocycles. The zero-order valence-electron chi connectivity index (χ0n) is 16.7. The maximum absolute atomic E-state index is 12.1. The second-order valence-corrected chi connectivity index (χ2v) is 8.00. The molecule has 2 aliphatic rings. The van der Waals surface area contributed by atoms with Gasteiger partial charge >= 0.3 is 5.97 Å². The number of carbonyl (C=O) groups excluding carboxylic acids is 1. The number of hydrogen-bond acceptors (Lipinski definition) is 4. The molecule has 150 valence electrons. The van der Waals surface area contributed by atoms with Gasteiger partial charge in [0.1, 0.15) is 5.84 Å². The lowest BCUT2D eigenvalue weighted by molar-refractivity contribution is 0.0600. The van der Waals surface area contributed by atoms with Crippen LogP contribution in [0.15, 0.2) is 66.7 Å². The Balaban J connectivity index is 1.65. The summed E-state index contributed by atoms with van der Waals surface area (Å²) in [6.45, 7) is 0. The van der Waals surface area contributed by atoms with Crippen molar-refractivity contribution in [2.24, 2.45) is 11.7 Å². The second-order valence-electron chi connectivity index (χ2n) is 8.00. The first kappa shape index (κ1) is 18.4. The predicted octanol–water partition coefficient (Wildman–Crippen LogP) is 4.23. The Morgan fingerprint density at radius 1 is 1.03 bits per heavy atom. The van der Waals surface area contributed by atoms with Crippen LogP contribution in [-0.4, -0.2) is 18.9 Å². The van der Waals surface area contributed by atoms with E-state index in [0.717, 1.165) is 23.2 Å². The molecule has 0 spiro atoms. The molecule has 30 heavy (non-hydrogen) atoms. The summed E-state index contributed by atoms with van der Waals surface area (Å²) in [5, 5.41) is 11.6. The number of ether oxygens (including phenoxy) is 1. The fourth-order valence-corrected chi connectivity index (χ4v) is 5.04. The summed E-state index contributed by atoms with van der Waals surface area (Å²) in [6.07, 6.45) is 0.949. The van der Waals surface area contributed by atoms with Gasteiger partial charge in [0.15, 0.2) is 0 Å². The van der Waals surface area contributed by atoms with Gasteiger partial charge in [-0.25, -0.2) is 4.79 Å². The Morgan fingerprint density at radius 3 is 2.67 bits per heavy atom. The van der Waals surface area contributed by atoms with E-state index in [1.165, 1.54) is 23.8 Å². The van der Waals surface area contributed by atoms with Gasteiger partial charge < -0.3 is 15.8 Å². The van der Waals surface area contributed by atoms with Crippen LogP contribution < -0.4 is 11.1 Å². The normalized spacial score (nSPS) is 21.0. The smallest absolute Gasteiger partial charge is 0.337 e. The highest BCUT2D eigenvalue weighted by atomic mass is 16.5. The van der Waals surface area contributed by atoms with Crippen molar-refractivity contribution in [3.8, 4) is 0 Å². The number of esters is 1. The number of rotatable bonds is 3. The molecule has 1 heterocycles. The van der Waals surface area contributed by atoms with E-state index in [2.05, 4.69) is 35.6 Å². The van der Waals surface area contributed by atoms with Crippen LogP contribution in [0.2, 0.25) is 0 Å². The van der Waals surface area contributed by atoms with Crippen molar-refractivity contribution >= 4 is 17.5 Å². The van der Waals surface area contributed by atoms with E-state index in [0.29, 0.717) is 11.5 Å². The van der Waals surface area contributed by atoms with Crippen LogP contribution in [0.25, 0.3) is 0 Å². The summed E-state index contributed by atoms with van der Waals surface area (Å²) in [4.78, 5) is 12.1. The summed E-state index contributed by atoms with van der Waals surface area (Å²) in [6, 6.07) is 22.3. The number of hydrogen-bond donors (Lipinski definition) is 3. The Bertz CT molecular complexity index is 1170. The fourth-order valence-electron chi connectivity index (χ4n) is 5.04. The first-order chi connectivity index (χ1) is 14.6. The quantitative estimate of drug-likeness (QED) is 0.351. The van der Waals surface area contributed by atoms with Gasteiger partial charge in [0.05, 0.1) is 18.7 Å². The van der Waals surface area contributed by atoms with Gasteiger partial charge in [0.25, 0.3) is 0 Å². The third-order valence-electron chi connectivity index (χ3n) is 6.38. The summed E-state index contributed by atoms with van der Waals surface area (Å²) in [5.74, 6) is 0.257. The van der Waals surface area contributed by atoms with Gasteiger partial charge in [-0.1, -0.05) is 36.4 Å². The number of fused-ring (bicyclic) bond motifs is 5. The highest BCUT2D eigenvalue weighted by Gasteiger charge is 2.43. The lowest BCUT2D eigenvalue weighted by Crippen LogP contribution is -2.31. The number of benzene rings is 3. The fraction of sp³-hybridized carbons (Fsp3) is 0.200. The SMILES string of the molecule is COC(=O)c1cccc(C2Nc3ccc(C(=N)N)cc3C3c4ccccc4CC23)c1. The number of anilines is 1. The van der Waals surface area contributed by atoms with Crippen molar-refractivity contribution in [2.45, 2.75) is 18.4 Å². The summed E-state index contributed by atoms with van der Waals surface area (Å²) in [5.41, 5.74) is 13.1. The zero-order valence-corrected chi connectivity index (χ0v) is 16.7. The molecule has 1 aliphatic heterocycles. The number of nitrogens with two attached hydrogens (primary N) is 1. The van der Waals surface area contributed by atoms with E-state index in [4.69, 9.17) is 15.9 Å². The minimum absolute atomic E-state index is 0.0580. The third kappa shape index (κ3) is 2.86. The van der Waals surface area contributed by atoms with Crippen molar-refractivity contribution in [3.63, 3.8) is 0 Å². The molecular formula is C25H23N3O2. The molecule has 0 saturated carbocycles. The van der Waals surface area contributed by atoms with Gasteiger partial charge in [-0.2, -0.15) is 0 Å². The monoisotopic (exact) mass is 397 g/mol. The van der Waals surface area contributed by atoms with E-state index in [-0.39, 0.29) is 23.8 Å². The lowest BCUT2D eigenvalue weighted by Gasteiger charge is -2.38. The van der Waals surface area contributed by atoms with Crippen molar-refractivity contribution in [1.29, 1.82) is 5.41 Å². The number of nitrogens with one attached hydrogen (secondary N) is 2. The molecule has 0 amide bonds. The zero-order chi connectivity index (χ0) is 20.8. The Hall–Kier alpha value is -3.60. The van der Waals surface area contributed by atoms with Crippen LogP contribution in [0.4, 0.5) is 5.69 Å². The Labute approximate surface area is 175 Å². The third-order valence-corrected chi connectivity index (χ3v) is 6.38. The average Bonchev–Trinajstić information content (AvgIpc) is 3.17. The lowest BCUT2D eigenvalue weighted by atomic mass is 9.75. The molecule has 3 aromatic rings. The summed E-state index contributed by atoms with van der Waals surface area (Å²) >= 11 is 0. The van der Waals surface area contributed by atoms with Crippen molar-refractivity contribution in [2.75, 3.05) is 12.4 Å². The van der Waals surface area contributed by atoms with E-state index >= 15 is 0 Å². The Morgan fingerprint density at radius 2 is 1.87 bits per heavy atom. The molecule has 1 aliphatic carbocycles. The van der Waals surface area contributed by atoms with Gasteiger partial charge in [0, 0.05) is 17.2 Å². The van der Waals surface area contributed by atoms with Crippen LogP contribution in [-0.2, 0) is 11.2 Å². The molecule has 0 bridgehead atoms. The van der Waals surface area contributed by atoms with Crippen LogP contribution in [0.5, 0.6) is 0 Å². The Kier molecular flexibility index (Phi) is 4.31. The van der Waals surface area contributed by atoms with Gasteiger partial charge in [-0.3, -0.25) is 5.41 Å². The van der Waals surface area contributed by atoms with Crippen molar-refractivity contribution in [1.82, 2.24) is 0 Å². The first-order valence-corrected chi connectivity index (χ1v) is 10.1. The molecule has 3 atom stereocenters. The summed E-state index contributed by atoms with van der Waals surface area (Å²) in [7, 11) is 1.40. The minimum atomic E-state index is -0.328. The van der Waals surface area contributed by atoms with Crippen LogP contribution >= 0.6 is 0 Å². The number of nitrogen functional groups attached to an aromatic ring is 1. The van der Waals surface area contributed by atoms with Gasteiger partial charge in [0.2, 0.25) is 0 Å². The molecular weight excluding hydrogens is 374 g/mol. The van der Waals surface area contributed by atoms with Gasteiger partial charge in [-0.15, -0.1) is 0 Å². The van der Waals surface area contributed by atoms with E-state index in [1.54, 1.807) is 6.07 Å². The second kappa shape index (κ2) is 7.02. The number of carbonyl (C=O) groups is 1. The van der Waals surface area contributed by atoms with Crippen molar-refractivity contribution < 1.29 is 9.53 Å². The molecule has 5 nitrogen and oxygen atoms in total. The van der Waals surface area contributed by atoms with Crippen LogP contribution in [0.3, 0.4) is 0 Å². The van der Waals surface area contributed by atoms with E-state index in [9.17, 15) is 4.79 Å². The molecule has 0 fully saturated rings. The van der Waals surface area contributed by atoms with Crippen molar-refractivity contribution in [3.05, 3.63) is 100 Å². The maximum atomic E-state index is 12.1. The maximum Gasteiger partial charge on any atom is 0.337 e. The molecule has 3 unspecified atom stereocenters. The van der Waals surface area contributed by atoms with Crippen LogP contribution in [0.1, 0.15) is 50.1 Å². The first-order valence-electron chi connectivity index (χ1n) is 10.1. The number of amidine groups is 1. The van der Waals surface area contributed by atoms with Crippen LogP contribution in [0, 0.1) is 11.3 Å². The molecule has 5 rings (SSSR count). The largest absolute Gasteiger partial charge is 0.465 e. The van der Waals surface area contributed by atoms with Gasteiger partial charge in [-0.05, 0) is 64.9 Å². The number of methoxy groups -OCH3 is 1. The highest BCUT2D eigenvalue weighted by molar-refractivity contribution is 5.96. The molecule has 4 N–H and O–H groups in total. The van der Waals surface area contributed by atoms with E-state index in [1.807, 2.05) is 30.3 Å². The predicted molar refractivity (Wildman–Crippen MR) is 117 cm³/mol. The highest BCUT2D eigenvalue weighted by Crippen LogP contribution is 2.53. The molecule has 3 aromatic carbocycles.